The van der Waals surface area contributed by atoms with Crippen molar-refractivity contribution in [1.82, 2.24) is 19.7 Å². The number of hydrogen-bond donors (Lipinski definition) is 0. The van der Waals surface area contributed by atoms with Gasteiger partial charge in [-0.2, -0.15) is 5.10 Å². The minimum Gasteiger partial charge on any atom is -0.445 e. The third kappa shape index (κ3) is 4.98. The lowest BCUT2D eigenvalue weighted by molar-refractivity contribution is -0.133. The average Bonchev–Trinajstić information content (AvgIpc) is 3.36. The summed E-state index contributed by atoms with van der Waals surface area (Å²) in [5.74, 6) is 0.609. The monoisotopic (exact) mass is 432 g/mol. The molecule has 164 valence electrons. The number of likely N-dealkylation sites (tertiary alicyclic amines) is 1. The van der Waals surface area contributed by atoms with E-state index in [1.54, 1.807) is 30.2 Å². The molecule has 1 aromatic carbocycles. The van der Waals surface area contributed by atoms with Gasteiger partial charge in [-0.1, -0.05) is 12.1 Å². The van der Waals surface area contributed by atoms with Gasteiger partial charge in [-0.3, -0.25) is 9.48 Å². The number of oxazole rings is 1. The van der Waals surface area contributed by atoms with E-state index in [9.17, 15) is 18.0 Å². The van der Waals surface area contributed by atoms with Crippen molar-refractivity contribution >= 4 is 5.91 Å². The Bertz CT molecular complexity index is 1050. The van der Waals surface area contributed by atoms with Gasteiger partial charge in [-0.25, -0.2) is 18.2 Å². The van der Waals surface area contributed by atoms with Gasteiger partial charge in [-0.15, -0.1) is 0 Å². The standard InChI is InChI=1S/C22H23F3N4O2/c1-14-9-19(21(24)25)29(27-14)13-20(30)28-8-2-3-16(12-28)22-26-11-18(31-22)10-15-4-6-17(23)7-5-15/h4-7,9,11,16,21H,2-3,8,10,12-13H2,1H3/t16-/m1/s1. The van der Waals surface area contributed by atoms with Crippen LogP contribution in [-0.2, 0) is 17.8 Å². The van der Waals surface area contributed by atoms with Crippen LogP contribution < -0.4 is 0 Å². The smallest absolute Gasteiger partial charge is 0.280 e. The molecule has 3 heterocycles. The molecule has 1 amide bonds. The number of carbonyl (C=O) groups is 1. The van der Waals surface area contributed by atoms with Crippen LogP contribution in [0.5, 0.6) is 0 Å². The lowest BCUT2D eigenvalue weighted by Gasteiger charge is -2.31. The molecule has 3 aromatic rings. The number of rotatable bonds is 6. The van der Waals surface area contributed by atoms with E-state index in [4.69, 9.17) is 4.42 Å². The van der Waals surface area contributed by atoms with Crippen LogP contribution in [0.4, 0.5) is 13.2 Å². The summed E-state index contributed by atoms with van der Waals surface area (Å²) in [6.07, 6.45) is 1.06. The van der Waals surface area contributed by atoms with Gasteiger partial charge in [0.1, 0.15) is 23.8 Å². The predicted octanol–water partition coefficient (Wildman–Crippen LogP) is 4.25. The number of carbonyl (C=O) groups excluding carboxylic acids is 1. The van der Waals surface area contributed by atoms with Gasteiger partial charge in [-0.05, 0) is 43.5 Å². The van der Waals surface area contributed by atoms with Crippen LogP contribution >= 0.6 is 0 Å². The highest BCUT2D eigenvalue weighted by atomic mass is 19.3. The van der Waals surface area contributed by atoms with E-state index in [1.807, 2.05) is 0 Å². The third-order valence-electron chi connectivity index (χ3n) is 5.43. The summed E-state index contributed by atoms with van der Waals surface area (Å²) >= 11 is 0. The topological polar surface area (TPSA) is 64.2 Å². The molecular formula is C22H23F3N4O2. The second kappa shape index (κ2) is 8.95. The van der Waals surface area contributed by atoms with Gasteiger partial charge >= 0.3 is 0 Å². The highest BCUT2D eigenvalue weighted by Crippen LogP contribution is 2.28. The summed E-state index contributed by atoms with van der Waals surface area (Å²) in [5, 5.41) is 4.03. The zero-order valence-electron chi connectivity index (χ0n) is 17.1. The molecule has 0 saturated carbocycles. The molecule has 6 nitrogen and oxygen atoms in total. The summed E-state index contributed by atoms with van der Waals surface area (Å²) in [6.45, 7) is 2.37. The van der Waals surface area contributed by atoms with E-state index >= 15 is 0 Å². The molecule has 1 aliphatic rings. The number of benzene rings is 1. The van der Waals surface area contributed by atoms with Crippen molar-refractivity contribution in [2.75, 3.05) is 13.1 Å². The molecule has 31 heavy (non-hydrogen) atoms. The van der Waals surface area contributed by atoms with Gasteiger partial charge in [0.15, 0.2) is 5.89 Å². The number of aryl methyl sites for hydroxylation is 1. The summed E-state index contributed by atoms with van der Waals surface area (Å²) in [5.41, 5.74) is 1.11. The SMILES string of the molecule is Cc1cc(C(F)F)n(CC(=O)N2CCC[C@@H](c3ncc(Cc4ccc(F)cc4)o3)C2)n1. The van der Waals surface area contributed by atoms with Crippen molar-refractivity contribution in [2.24, 2.45) is 0 Å². The summed E-state index contributed by atoms with van der Waals surface area (Å²) in [6, 6.07) is 7.49. The fourth-order valence-corrected chi connectivity index (χ4v) is 3.90. The number of hydrogen-bond acceptors (Lipinski definition) is 4. The minimum absolute atomic E-state index is 0.0615. The predicted molar refractivity (Wildman–Crippen MR) is 106 cm³/mol. The minimum atomic E-state index is -2.69. The summed E-state index contributed by atoms with van der Waals surface area (Å²) < 4.78 is 46.4. The molecule has 9 heteroatoms. The van der Waals surface area contributed by atoms with Gasteiger partial charge < -0.3 is 9.32 Å². The Balaban J connectivity index is 1.40. The molecular weight excluding hydrogens is 409 g/mol. The van der Waals surface area contributed by atoms with Gasteiger partial charge in [0.2, 0.25) is 5.91 Å². The van der Waals surface area contributed by atoms with Crippen molar-refractivity contribution in [2.45, 2.75) is 45.1 Å². The van der Waals surface area contributed by atoms with Crippen LogP contribution in [0.2, 0.25) is 0 Å². The molecule has 0 aliphatic carbocycles. The number of amides is 1. The van der Waals surface area contributed by atoms with Crippen LogP contribution in [0.25, 0.3) is 0 Å². The molecule has 0 unspecified atom stereocenters. The Hall–Kier alpha value is -3.10. The number of halogens is 3. The van der Waals surface area contributed by atoms with Crippen LogP contribution in [0.1, 0.15) is 53.8 Å². The van der Waals surface area contributed by atoms with Crippen molar-refractivity contribution in [1.29, 1.82) is 0 Å². The van der Waals surface area contributed by atoms with Crippen molar-refractivity contribution in [3.8, 4) is 0 Å². The van der Waals surface area contributed by atoms with Gasteiger partial charge in [0.25, 0.3) is 6.43 Å². The summed E-state index contributed by atoms with van der Waals surface area (Å²) in [4.78, 5) is 18.8. The molecule has 1 aliphatic heterocycles. The van der Waals surface area contributed by atoms with E-state index in [2.05, 4.69) is 10.1 Å². The van der Waals surface area contributed by atoms with Gasteiger partial charge in [0.05, 0.1) is 17.8 Å². The van der Waals surface area contributed by atoms with Crippen LogP contribution in [0.15, 0.2) is 40.9 Å². The fraction of sp³-hybridized carbons (Fsp3) is 0.409. The maximum atomic E-state index is 13.2. The Kier molecular flexibility index (Phi) is 6.11. The van der Waals surface area contributed by atoms with Gasteiger partial charge in [0, 0.05) is 19.5 Å². The van der Waals surface area contributed by atoms with Crippen molar-refractivity contribution in [3.05, 3.63) is 70.9 Å². The number of alkyl halides is 2. The van der Waals surface area contributed by atoms with Crippen LogP contribution in [-0.4, -0.2) is 38.7 Å². The molecule has 1 saturated heterocycles. The molecule has 0 radical (unpaired) electrons. The highest BCUT2D eigenvalue weighted by Gasteiger charge is 2.29. The third-order valence-corrected chi connectivity index (χ3v) is 5.43. The first-order chi connectivity index (χ1) is 14.9. The molecule has 1 atom stereocenters. The molecule has 0 bridgehead atoms. The maximum absolute atomic E-state index is 13.2. The molecule has 2 aromatic heterocycles. The quantitative estimate of drug-likeness (QED) is 0.584. The number of aromatic nitrogens is 3. The zero-order chi connectivity index (χ0) is 22.0. The Labute approximate surface area is 177 Å². The molecule has 0 spiro atoms. The first kappa shape index (κ1) is 21.1. The Morgan fingerprint density at radius 3 is 2.81 bits per heavy atom. The van der Waals surface area contributed by atoms with E-state index < -0.39 is 6.43 Å². The van der Waals surface area contributed by atoms with Crippen molar-refractivity contribution < 1.29 is 22.4 Å². The second-order valence-electron chi connectivity index (χ2n) is 7.82. The average molecular weight is 432 g/mol. The first-order valence-electron chi connectivity index (χ1n) is 10.2. The molecule has 4 rings (SSSR count). The molecule has 1 fully saturated rings. The van der Waals surface area contributed by atoms with E-state index in [1.165, 1.54) is 18.2 Å². The van der Waals surface area contributed by atoms with E-state index in [0.717, 1.165) is 23.1 Å². The first-order valence-corrected chi connectivity index (χ1v) is 10.2. The Morgan fingerprint density at radius 1 is 1.29 bits per heavy atom. The molecule has 0 N–H and O–H groups in total. The maximum Gasteiger partial charge on any atom is 0.280 e. The van der Waals surface area contributed by atoms with Crippen LogP contribution in [0.3, 0.4) is 0 Å². The normalized spacial score (nSPS) is 16.8. The zero-order valence-corrected chi connectivity index (χ0v) is 17.1. The fourth-order valence-electron chi connectivity index (χ4n) is 3.90. The lowest BCUT2D eigenvalue weighted by atomic mass is 9.98. The van der Waals surface area contributed by atoms with Crippen LogP contribution in [0, 0.1) is 12.7 Å². The van der Waals surface area contributed by atoms with E-state index in [0.29, 0.717) is 36.9 Å². The second-order valence-corrected chi connectivity index (χ2v) is 7.82. The summed E-state index contributed by atoms with van der Waals surface area (Å²) in [7, 11) is 0. The van der Waals surface area contributed by atoms with Crippen molar-refractivity contribution in [3.63, 3.8) is 0 Å². The number of piperidine rings is 1. The highest BCUT2D eigenvalue weighted by molar-refractivity contribution is 5.76. The lowest BCUT2D eigenvalue weighted by Crippen LogP contribution is -2.41. The largest absolute Gasteiger partial charge is 0.445 e. The Morgan fingerprint density at radius 2 is 2.06 bits per heavy atom. The van der Waals surface area contributed by atoms with E-state index in [-0.39, 0.29) is 29.9 Å². The number of nitrogens with zero attached hydrogens (tertiary/aromatic N) is 4.